The highest BCUT2D eigenvalue weighted by Crippen LogP contribution is 2.10. The van der Waals surface area contributed by atoms with Crippen molar-refractivity contribution in [3.05, 3.63) is 18.5 Å². The molecule has 1 heterocycles. The summed E-state index contributed by atoms with van der Waals surface area (Å²) in [6.07, 6.45) is 1.30. The average Bonchev–Trinajstić information content (AvgIpc) is 2.78. The molecule has 0 N–H and O–H groups in total. The molecular weight excluding hydrogens is 224 g/mol. The van der Waals surface area contributed by atoms with Gasteiger partial charge in [0.05, 0.1) is 6.61 Å². The zero-order chi connectivity index (χ0) is 12.8. The Morgan fingerprint density at radius 3 is 2.59 bits per heavy atom. The number of ether oxygens (including phenoxy) is 2. The summed E-state index contributed by atoms with van der Waals surface area (Å²) in [7, 11) is 0. The van der Waals surface area contributed by atoms with Crippen molar-refractivity contribution < 1.29 is 19.1 Å². The Balaban J connectivity index is 2.67. The van der Waals surface area contributed by atoms with Crippen LogP contribution in [0.5, 0.6) is 0 Å². The molecule has 0 spiro atoms. The highest BCUT2D eigenvalue weighted by Gasteiger charge is 2.28. The monoisotopic (exact) mass is 240 g/mol. The summed E-state index contributed by atoms with van der Waals surface area (Å²) in [5.74, 6) is -0.698. The van der Waals surface area contributed by atoms with Crippen molar-refractivity contribution >= 4 is 12.1 Å². The van der Waals surface area contributed by atoms with E-state index in [-0.39, 0.29) is 12.5 Å². The molecule has 0 aliphatic carbocycles. The summed E-state index contributed by atoms with van der Waals surface area (Å²) in [6.45, 7) is 5.50. The third-order valence-electron chi connectivity index (χ3n) is 2.04. The van der Waals surface area contributed by atoms with Gasteiger partial charge < -0.3 is 9.47 Å². The largest absolute Gasteiger partial charge is 0.463 e. The molecule has 0 bridgehead atoms. The SMILES string of the molecule is CCOC(=O)C(OC(=O)n1cccn1)C(C)C. The number of hydrogen-bond donors (Lipinski definition) is 0. The maximum Gasteiger partial charge on any atom is 0.435 e. The zero-order valence-electron chi connectivity index (χ0n) is 10.1. The summed E-state index contributed by atoms with van der Waals surface area (Å²) in [5.41, 5.74) is 0. The van der Waals surface area contributed by atoms with E-state index >= 15 is 0 Å². The van der Waals surface area contributed by atoms with Crippen LogP contribution in [0.3, 0.4) is 0 Å². The summed E-state index contributed by atoms with van der Waals surface area (Å²) in [5, 5.41) is 3.72. The van der Waals surface area contributed by atoms with Crippen LogP contribution < -0.4 is 0 Å². The molecule has 1 atom stereocenters. The number of nitrogens with zero attached hydrogens (tertiary/aromatic N) is 2. The molecule has 1 rings (SSSR count). The number of carbonyl (C=O) groups is 2. The molecule has 0 aliphatic rings. The highest BCUT2D eigenvalue weighted by atomic mass is 16.6. The van der Waals surface area contributed by atoms with Gasteiger partial charge in [-0.05, 0) is 13.0 Å². The van der Waals surface area contributed by atoms with Gasteiger partial charge in [-0.3, -0.25) is 0 Å². The fraction of sp³-hybridized carbons (Fsp3) is 0.545. The van der Waals surface area contributed by atoms with E-state index in [0.29, 0.717) is 0 Å². The Bertz CT molecular complexity index is 373. The molecule has 1 unspecified atom stereocenters. The first-order chi connectivity index (χ1) is 8.06. The predicted molar refractivity (Wildman–Crippen MR) is 59.4 cm³/mol. The van der Waals surface area contributed by atoms with E-state index in [1.54, 1.807) is 26.8 Å². The summed E-state index contributed by atoms with van der Waals surface area (Å²) >= 11 is 0. The molecule has 0 saturated heterocycles. The smallest absolute Gasteiger partial charge is 0.435 e. The van der Waals surface area contributed by atoms with Crippen molar-refractivity contribution in [3.63, 3.8) is 0 Å². The van der Waals surface area contributed by atoms with Crippen LogP contribution in [0, 0.1) is 5.92 Å². The van der Waals surface area contributed by atoms with Crippen molar-refractivity contribution in [1.29, 1.82) is 0 Å². The third-order valence-corrected chi connectivity index (χ3v) is 2.04. The van der Waals surface area contributed by atoms with Crippen LogP contribution in [0.1, 0.15) is 20.8 Å². The number of rotatable bonds is 4. The first kappa shape index (κ1) is 13.2. The van der Waals surface area contributed by atoms with Gasteiger partial charge in [-0.1, -0.05) is 13.8 Å². The van der Waals surface area contributed by atoms with Gasteiger partial charge >= 0.3 is 12.1 Å². The van der Waals surface area contributed by atoms with Crippen LogP contribution in [0.25, 0.3) is 0 Å². The van der Waals surface area contributed by atoms with E-state index in [9.17, 15) is 9.59 Å². The topological polar surface area (TPSA) is 70.4 Å². The lowest BCUT2D eigenvalue weighted by atomic mass is 10.1. The molecule has 6 heteroatoms. The molecule has 1 aromatic rings. The molecule has 1 aromatic heterocycles. The second kappa shape index (κ2) is 6.03. The van der Waals surface area contributed by atoms with E-state index in [0.717, 1.165) is 4.68 Å². The molecular formula is C11H16N2O4. The second-order valence-electron chi connectivity index (χ2n) is 3.75. The Morgan fingerprint density at radius 2 is 2.12 bits per heavy atom. The zero-order valence-corrected chi connectivity index (χ0v) is 10.1. The van der Waals surface area contributed by atoms with Crippen LogP contribution >= 0.6 is 0 Å². The first-order valence-corrected chi connectivity index (χ1v) is 5.43. The lowest BCUT2D eigenvalue weighted by Gasteiger charge is -2.19. The number of carbonyl (C=O) groups excluding carboxylic acids is 2. The van der Waals surface area contributed by atoms with E-state index in [4.69, 9.17) is 9.47 Å². The van der Waals surface area contributed by atoms with Gasteiger partial charge in [0.15, 0.2) is 0 Å². The lowest BCUT2D eigenvalue weighted by Crippen LogP contribution is -2.35. The second-order valence-corrected chi connectivity index (χ2v) is 3.75. The number of hydrogen-bond acceptors (Lipinski definition) is 5. The van der Waals surface area contributed by atoms with Crippen molar-refractivity contribution in [2.75, 3.05) is 6.61 Å². The number of aromatic nitrogens is 2. The van der Waals surface area contributed by atoms with Crippen LogP contribution in [0.4, 0.5) is 4.79 Å². The van der Waals surface area contributed by atoms with Crippen molar-refractivity contribution in [1.82, 2.24) is 9.78 Å². The van der Waals surface area contributed by atoms with E-state index in [1.165, 1.54) is 12.4 Å². The fourth-order valence-electron chi connectivity index (χ4n) is 1.22. The standard InChI is InChI=1S/C11H16N2O4/c1-4-16-10(14)9(8(2)3)17-11(15)13-7-5-6-12-13/h5-9H,4H2,1-3H3. The number of esters is 1. The summed E-state index contributed by atoms with van der Waals surface area (Å²) < 4.78 is 10.9. The Hall–Kier alpha value is -1.85. The quantitative estimate of drug-likeness (QED) is 0.745. The van der Waals surface area contributed by atoms with Gasteiger partial charge in [0.2, 0.25) is 6.10 Å². The third kappa shape index (κ3) is 3.58. The molecule has 17 heavy (non-hydrogen) atoms. The molecule has 94 valence electrons. The van der Waals surface area contributed by atoms with Crippen molar-refractivity contribution in [2.24, 2.45) is 5.92 Å². The maximum absolute atomic E-state index is 11.6. The van der Waals surface area contributed by atoms with E-state index < -0.39 is 18.2 Å². The minimum absolute atomic E-state index is 0.159. The summed E-state index contributed by atoms with van der Waals surface area (Å²) in [6, 6.07) is 1.59. The van der Waals surface area contributed by atoms with Crippen molar-refractivity contribution in [2.45, 2.75) is 26.9 Å². The van der Waals surface area contributed by atoms with Crippen molar-refractivity contribution in [3.8, 4) is 0 Å². The van der Waals surface area contributed by atoms with Gasteiger partial charge in [-0.25, -0.2) is 9.59 Å². The molecule has 0 fully saturated rings. The summed E-state index contributed by atoms with van der Waals surface area (Å²) in [4.78, 5) is 23.2. The normalized spacial score (nSPS) is 12.2. The molecule has 0 radical (unpaired) electrons. The highest BCUT2D eigenvalue weighted by molar-refractivity contribution is 5.79. The van der Waals surface area contributed by atoms with Gasteiger partial charge in [0.25, 0.3) is 0 Å². The first-order valence-electron chi connectivity index (χ1n) is 5.43. The van der Waals surface area contributed by atoms with Crippen LogP contribution in [-0.4, -0.2) is 34.6 Å². The van der Waals surface area contributed by atoms with Crippen LogP contribution in [0.2, 0.25) is 0 Å². The minimum Gasteiger partial charge on any atom is -0.463 e. The Kier molecular flexibility index (Phi) is 4.68. The molecule has 0 saturated carbocycles. The van der Waals surface area contributed by atoms with Crippen LogP contribution in [-0.2, 0) is 14.3 Å². The minimum atomic E-state index is -0.911. The van der Waals surface area contributed by atoms with E-state index in [1.807, 2.05) is 0 Å². The lowest BCUT2D eigenvalue weighted by molar-refractivity contribution is -0.155. The predicted octanol–water partition coefficient (Wildman–Crippen LogP) is 1.46. The van der Waals surface area contributed by atoms with E-state index in [2.05, 4.69) is 5.10 Å². The maximum atomic E-state index is 11.6. The molecule has 6 nitrogen and oxygen atoms in total. The van der Waals surface area contributed by atoms with Crippen LogP contribution in [0.15, 0.2) is 18.5 Å². The van der Waals surface area contributed by atoms with Gasteiger partial charge in [-0.2, -0.15) is 9.78 Å². The molecule has 0 amide bonds. The van der Waals surface area contributed by atoms with Gasteiger partial charge in [0.1, 0.15) is 0 Å². The average molecular weight is 240 g/mol. The van der Waals surface area contributed by atoms with Gasteiger partial charge in [0, 0.05) is 18.3 Å². The molecule has 0 aromatic carbocycles. The Morgan fingerprint density at radius 1 is 1.41 bits per heavy atom. The van der Waals surface area contributed by atoms with Gasteiger partial charge in [-0.15, -0.1) is 0 Å². The molecule has 0 aliphatic heterocycles. The Labute approximate surface area is 99.5 Å². The fourth-order valence-corrected chi connectivity index (χ4v) is 1.22.